The number of rotatable bonds is 3. The van der Waals surface area contributed by atoms with E-state index < -0.39 is 11.9 Å². The van der Waals surface area contributed by atoms with Gasteiger partial charge in [0.1, 0.15) is 0 Å². The monoisotopic (exact) mass is 267 g/mol. The first-order chi connectivity index (χ1) is 8.58. The molecule has 0 bridgehead atoms. The molecule has 2 N–H and O–H groups in total. The van der Waals surface area contributed by atoms with Gasteiger partial charge in [-0.05, 0) is 24.3 Å². The minimum absolute atomic E-state index is 0. The topological polar surface area (TPSA) is 100 Å². The Morgan fingerprint density at radius 2 is 1.21 bits per heavy atom. The van der Waals surface area contributed by atoms with E-state index in [1.165, 1.54) is 36.7 Å². The van der Waals surface area contributed by atoms with Crippen LogP contribution in [0.2, 0.25) is 0 Å². The molecule has 2 heterocycles. The molecule has 2 aromatic rings. The summed E-state index contributed by atoms with van der Waals surface area (Å²) in [5.41, 5.74) is 0.779. The van der Waals surface area contributed by atoms with Crippen molar-refractivity contribution in [3.63, 3.8) is 0 Å². The third kappa shape index (κ3) is 3.60. The maximum absolute atomic E-state index is 10.8. The molecule has 6 nitrogen and oxygen atoms in total. The van der Waals surface area contributed by atoms with Crippen molar-refractivity contribution in [1.29, 1.82) is 0 Å². The largest absolute Gasteiger partial charge is 0.478 e. The van der Waals surface area contributed by atoms with Gasteiger partial charge in [0.05, 0.1) is 22.5 Å². The fraction of sp³-hybridized carbons (Fsp3) is 0. The van der Waals surface area contributed by atoms with Crippen LogP contribution in [0.25, 0.3) is 11.4 Å². The molecule has 91 valence electrons. The van der Waals surface area contributed by atoms with E-state index in [1.54, 1.807) is 0 Å². The molecule has 0 aliphatic carbocycles. The molecule has 0 saturated heterocycles. The van der Waals surface area contributed by atoms with Crippen molar-refractivity contribution < 1.29 is 19.8 Å². The molecular formula is C12H8N2NaO4. The van der Waals surface area contributed by atoms with Crippen LogP contribution in [0.3, 0.4) is 0 Å². The first kappa shape index (κ1) is 15.3. The molecule has 0 fully saturated rings. The van der Waals surface area contributed by atoms with Crippen LogP contribution in [0, 0.1) is 0 Å². The van der Waals surface area contributed by atoms with E-state index in [1.807, 2.05) is 0 Å². The number of hydrogen-bond acceptors (Lipinski definition) is 4. The van der Waals surface area contributed by atoms with Gasteiger partial charge < -0.3 is 10.2 Å². The van der Waals surface area contributed by atoms with Crippen molar-refractivity contribution in [2.75, 3.05) is 0 Å². The van der Waals surface area contributed by atoms with Crippen LogP contribution in [0.15, 0.2) is 36.7 Å². The van der Waals surface area contributed by atoms with E-state index in [0.717, 1.165) is 0 Å². The third-order valence-electron chi connectivity index (χ3n) is 2.28. The summed E-state index contributed by atoms with van der Waals surface area (Å²) in [6.07, 6.45) is 2.68. The number of aromatic nitrogens is 2. The van der Waals surface area contributed by atoms with Crippen molar-refractivity contribution in [3.8, 4) is 11.4 Å². The zero-order valence-electron chi connectivity index (χ0n) is 10.1. The zero-order valence-corrected chi connectivity index (χ0v) is 12.1. The number of hydrogen-bond donors (Lipinski definition) is 2. The molecule has 0 unspecified atom stereocenters. The molecule has 1 radical (unpaired) electrons. The average molecular weight is 267 g/mol. The molecule has 7 heteroatoms. The Morgan fingerprint density at radius 1 is 0.842 bits per heavy atom. The molecule has 2 aromatic heterocycles. The summed E-state index contributed by atoms with van der Waals surface area (Å²) in [4.78, 5) is 29.6. The Hall–Kier alpha value is -1.76. The third-order valence-corrected chi connectivity index (χ3v) is 2.28. The van der Waals surface area contributed by atoms with E-state index in [4.69, 9.17) is 10.2 Å². The molecule has 0 spiro atoms. The summed E-state index contributed by atoms with van der Waals surface area (Å²) in [6.45, 7) is 0. The Balaban J connectivity index is 0.00000180. The number of aromatic carboxylic acids is 2. The van der Waals surface area contributed by atoms with Gasteiger partial charge in [-0.3, -0.25) is 9.97 Å². The minimum Gasteiger partial charge on any atom is -0.478 e. The maximum atomic E-state index is 10.8. The Kier molecular flexibility index (Phi) is 5.17. The van der Waals surface area contributed by atoms with E-state index in [-0.39, 0.29) is 40.7 Å². The summed E-state index contributed by atoms with van der Waals surface area (Å²) in [7, 11) is 0. The fourth-order valence-electron chi connectivity index (χ4n) is 1.41. The van der Waals surface area contributed by atoms with Crippen LogP contribution in [0.5, 0.6) is 0 Å². The zero-order chi connectivity index (χ0) is 13.1. The Morgan fingerprint density at radius 3 is 1.53 bits per heavy atom. The van der Waals surface area contributed by atoms with Crippen molar-refractivity contribution in [2.24, 2.45) is 0 Å². The van der Waals surface area contributed by atoms with Crippen LogP contribution < -0.4 is 0 Å². The van der Waals surface area contributed by atoms with Gasteiger partial charge in [0.25, 0.3) is 0 Å². The summed E-state index contributed by atoms with van der Waals surface area (Å²) in [5.74, 6) is -2.15. The van der Waals surface area contributed by atoms with Gasteiger partial charge in [-0.1, -0.05) is 0 Å². The minimum atomic E-state index is -1.08. The van der Waals surface area contributed by atoms with E-state index in [9.17, 15) is 9.59 Å². The summed E-state index contributed by atoms with van der Waals surface area (Å²) < 4.78 is 0. The second-order valence-electron chi connectivity index (χ2n) is 3.47. The van der Waals surface area contributed by atoms with Gasteiger partial charge >= 0.3 is 11.9 Å². The second kappa shape index (κ2) is 6.42. The molecule has 19 heavy (non-hydrogen) atoms. The van der Waals surface area contributed by atoms with E-state index in [0.29, 0.717) is 11.4 Å². The standard InChI is InChI=1S/C12H8N2O4.Na/c15-11(16)7-1-3-13-9(5-7)10-6-8(12(17)18)2-4-14-10;/h1-6H,(H,15,16)(H,17,18);. The van der Waals surface area contributed by atoms with Crippen LogP contribution in [0.1, 0.15) is 20.7 Å². The molecule has 0 atom stereocenters. The number of nitrogens with zero attached hydrogens (tertiary/aromatic N) is 2. The number of carboxylic acids is 2. The SMILES string of the molecule is O=C(O)c1ccnc(-c2cc(C(=O)O)ccn2)c1.[Na]. The van der Waals surface area contributed by atoms with Gasteiger partial charge in [0, 0.05) is 42.0 Å². The van der Waals surface area contributed by atoms with Crippen LogP contribution in [0.4, 0.5) is 0 Å². The molecule has 0 aliphatic rings. The maximum Gasteiger partial charge on any atom is 0.335 e. The van der Waals surface area contributed by atoms with Crippen LogP contribution in [-0.2, 0) is 0 Å². The van der Waals surface area contributed by atoms with Crippen molar-refractivity contribution >= 4 is 41.5 Å². The van der Waals surface area contributed by atoms with Crippen molar-refractivity contribution in [3.05, 3.63) is 47.8 Å². The number of carboxylic acid groups (broad SMARTS) is 2. The average Bonchev–Trinajstić information content (AvgIpc) is 2.39. The van der Waals surface area contributed by atoms with Gasteiger partial charge in [-0.25, -0.2) is 9.59 Å². The summed E-state index contributed by atoms with van der Waals surface area (Å²) in [6, 6.07) is 5.40. The second-order valence-corrected chi connectivity index (χ2v) is 3.47. The molecule has 0 aliphatic heterocycles. The van der Waals surface area contributed by atoms with Crippen molar-refractivity contribution in [2.45, 2.75) is 0 Å². The Bertz CT molecular complexity index is 575. The van der Waals surface area contributed by atoms with Crippen LogP contribution >= 0.6 is 0 Å². The number of pyridine rings is 2. The quantitative estimate of drug-likeness (QED) is 0.809. The predicted octanol–water partition coefficient (Wildman–Crippen LogP) is 1.16. The predicted molar refractivity (Wildman–Crippen MR) is 67.1 cm³/mol. The first-order valence-electron chi connectivity index (χ1n) is 4.97. The van der Waals surface area contributed by atoms with Gasteiger partial charge in [-0.2, -0.15) is 0 Å². The smallest absolute Gasteiger partial charge is 0.335 e. The molecule has 0 amide bonds. The van der Waals surface area contributed by atoms with E-state index in [2.05, 4.69) is 9.97 Å². The fourth-order valence-corrected chi connectivity index (χ4v) is 1.41. The first-order valence-corrected chi connectivity index (χ1v) is 4.97. The van der Waals surface area contributed by atoms with Gasteiger partial charge in [-0.15, -0.1) is 0 Å². The van der Waals surface area contributed by atoms with Crippen molar-refractivity contribution in [1.82, 2.24) is 9.97 Å². The van der Waals surface area contributed by atoms with Gasteiger partial charge in [0.15, 0.2) is 0 Å². The van der Waals surface area contributed by atoms with Gasteiger partial charge in [0.2, 0.25) is 0 Å². The summed E-state index contributed by atoms with van der Waals surface area (Å²) >= 11 is 0. The van der Waals surface area contributed by atoms with Crippen LogP contribution in [-0.4, -0.2) is 61.7 Å². The molecule has 0 aromatic carbocycles. The molecule has 2 rings (SSSR count). The number of carbonyl (C=O) groups is 2. The Labute approximate surface area is 130 Å². The molecular weight excluding hydrogens is 259 g/mol. The summed E-state index contributed by atoms with van der Waals surface area (Å²) in [5, 5.41) is 17.7. The molecule has 0 saturated carbocycles. The van der Waals surface area contributed by atoms with E-state index >= 15 is 0 Å². The normalized spacial score (nSPS) is 9.47.